The number of esters is 1. The van der Waals surface area contributed by atoms with Crippen LogP contribution in [0.25, 0.3) is 0 Å². The minimum atomic E-state index is -3.05. The summed E-state index contributed by atoms with van der Waals surface area (Å²) in [6, 6.07) is 0. The van der Waals surface area contributed by atoms with Crippen molar-refractivity contribution >= 4 is 13.6 Å². The van der Waals surface area contributed by atoms with Crippen LogP contribution in [0, 0.1) is 0 Å². The average molecular weight is 338 g/mol. The minimum absolute atomic E-state index is 0.0958. The van der Waals surface area contributed by atoms with E-state index in [2.05, 4.69) is 6.58 Å². The quantitative estimate of drug-likeness (QED) is 0.208. The summed E-state index contributed by atoms with van der Waals surface area (Å²) < 4.78 is 37.7. The molecular weight excluding hydrogens is 311 g/mol. The van der Waals surface area contributed by atoms with Crippen LogP contribution in [0.5, 0.6) is 0 Å². The molecule has 0 spiro atoms. The second-order valence-electron chi connectivity index (χ2n) is 4.16. The van der Waals surface area contributed by atoms with Crippen molar-refractivity contribution in [3.05, 3.63) is 12.2 Å². The molecule has 0 saturated heterocycles. The van der Waals surface area contributed by atoms with E-state index < -0.39 is 13.6 Å². The Morgan fingerprint density at radius 3 is 2.09 bits per heavy atom. The van der Waals surface area contributed by atoms with Crippen molar-refractivity contribution in [2.45, 2.75) is 20.8 Å². The van der Waals surface area contributed by atoms with E-state index in [0.29, 0.717) is 33.0 Å². The van der Waals surface area contributed by atoms with Gasteiger partial charge in [0.05, 0.1) is 58.0 Å². The molecule has 0 aliphatic carbocycles. The van der Waals surface area contributed by atoms with Gasteiger partial charge in [-0.3, -0.25) is 4.57 Å². The summed E-state index contributed by atoms with van der Waals surface area (Å²) in [6.45, 7) is 10.7. The van der Waals surface area contributed by atoms with E-state index in [9.17, 15) is 9.36 Å². The first-order valence-electron chi connectivity index (χ1n) is 7.37. The highest BCUT2D eigenvalue weighted by Gasteiger charge is 2.22. The standard InChI is InChI=1S/C14H27O7P/c1-5-19-14(15)13(4)12-18-9-8-17-10-11-22(16,20-6-2)21-7-3/h4-12H2,1-3H3. The highest BCUT2D eigenvalue weighted by Crippen LogP contribution is 2.47. The summed E-state index contributed by atoms with van der Waals surface area (Å²) in [5, 5.41) is 0. The Hall–Kier alpha value is -0.720. The molecule has 0 bridgehead atoms. The zero-order valence-electron chi connectivity index (χ0n) is 13.7. The van der Waals surface area contributed by atoms with E-state index in [4.69, 9.17) is 23.3 Å². The van der Waals surface area contributed by atoms with Gasteiger partial charge in [0, 0.05) is 0 Å². The summed E-state index contributed by atoms with van der Waals surface area (Å²) in [4.78, 5) is 11.3. The van der Waals surface area contributed by atoms with Gasteiger partial charge in [-0.2, -0.15) is 0 Å². The van der Waals surface area contributed by atoms with Crippen LogP contribution in [0.2, 0.25) is 0 Å². The van der Waals surface area contributed by atoms with Crippen LogP contribution in [0.15, 0.2) is 12.2 Å². The summed E-state index contributed by atoms with van der Waals surface area (Å²) in [6.07, 6.45) is 0.199. The van der Waals surface area contributed by atoms with E-state index in [1.807, 2.05) is 0 Å². The third-order valence-corrected chi connectivity index (χ3v) is 4.41. The maximum atomic E-state index is 12.1. The van der Waals surface area contributed by atoms with Gasteiger partial charge in [0.2, 0.25) is 0 Å². The number of hydrogen-bond acceptors (Lipinski definition) is 7. The van der Waals surface area contributed by atoms with Crippen LogP contribution >= 0.6 is 7.60 Å². The molecule has 0 saturated carbocycles. The summed E-state index contributed by atoms with van der Waals surface area (Å²) in [5.41, 5.74) is 0.263. The molecule has 0 radical (unpaired) electrons. The predicted molar refractivity (Wildman–Crippen MR) is 83.1 cm³/mol. The Kier molecular flexibility index (Phi) is 12.4. The van der Waals surface area contributed by atoms with Gasteiger partial charge < -0.3 is 23.3 Å². The highest BCUT2D eigenvalue weighted by atomic mass is 31.2. The molecule has 7 nitrogen and oxygen atoms in total. The average Bonchev–Trinajstić information content (AvgIpc) is 2.46. The molecule has 0 amide bonds. The third-order valence-electron chi connectivity index (χ3n) is 2.37. The normalized spacial score (nSPS) is 11.4. The summed E-state index contributed by atoms with van der Waals surface area (Å²) in [5.74, 6) is -0.460. The number of hydrogen-bond donors (Lipinski definition) is 0. The number of ether oxygens (including phenoxy) is 3. The maximum Gasteiger partial charge on any atom is 0.335 e. The molecule has 0 aliphatic rings. The Balaban J connectivity index is 3.70. The van der Waals surface area contributed by atoms with Gasteiger partial charge in [-0.15, -0.1) is 0 Å². The Morgan fingerprint density at radius 1 is 0.955 bits per heavy atom. The topological polar surface area (TPSA) is 80.3 Å². The van der Waals surface area contributed by atoms with Crippen LogP contribution in [-0.4, -0.2) is 58.4 Å². The van der Waals surface area contributed by atoms with Gasteiger partial charge in [0.15, 0.2) is 0 Å². The van der Waals surface area contributed by atoms with E-state index in [-0.39, 0.29) is 24.9 Å². The van der Waals surface area contributed by atoms with E-state index in [1.165, 1.54) is 0 Å². The summed E-state index contributed by atoms with van der Waals surface area (Å²) in [7, 11) is -3.05. The van der Waals surface area contributed by atoms with Crippen LogP contribution in [0.4, 0.5) is 0 Å². The molecular formula is C14H27O7P. The molecule has 0 aromatic rings. The van der Waals surface area contributed by atoms with Crippen molar-refractivity contribution in [3.63, 3.8) is 0 Å². The molecule has 8 heteroatoms. The van der Waals surface area contributed by atoms with Gasteiger partial charge >= 0.3 is 13.6 Å². The molecule has 0 fully saturated rings. The molecule has 0 heterocycles. The van der Waals surface area contributed by atoms with Crippen molar-refractivity contribution in [2.75, 3.05) is 52.4 Å². The molecule has 0 unspecified atom stereocenters. The summed E-state index contributed by atoms with van der Waals surface area (Å²) >= 11 is 0. The fourth-order valence-electron chi connectivity index (χ4n) is 1.44. The Morgan fingerprint density at radius 2 is 1.55 bits per heavy atom. The largest absolute Gasteiger partial charge is 0.463 e. The first-order valence-corrected chi connectivity index (χ1v) is 9.10. The van der Waals surface area contributed by atoms with E-state index in [1.54, 1.807) is 20.8 Å². The molecule has 0 aromatic carbocycles. The zero-order valence-corrected chi connectivity index (χ0v) is 14.6. The third kappa shape index (κ3) is 10.1. The lowest BCUT2D eigenvalue weighted by Crippen LogP contribution is -2.14. The first kappa shape index (κ1) is 21.3. The fraction of sp³-hybridized carbons (Fsp3) is 0.786. The second-order valence-corrected chi connectivity index (χ2v) is 6.34. The number of rotatable bonds is 14. The van der Waals surface area contributed by atoms with Gasteiger partial charge in [0.1, 0.15) is 0 Å². The predicted octanol–water partition coefficient (Wildman–Crippen LogP) is 2.41. The fourth-order valence-corrected chi connectivity index (χ4v) is 2.92. The van der Waals surface area contributed by atoms with Gasteiger partial charge in [0.25, 0.3) is 0 Å². The lowest BCUT2D eigenvalue weighted by molar-refractivity contribution is -0.139. The van der Waals surface area contributed by atoms with Crippen LogP contribution in [-0.2, 0) is 32.6 Å². The Bertz CT molecular complexity index is 360. The molecule has 0 aromatic heterocycles. The lowest BCUT2D eigenvalue weighted by atomic mass is 10.3. The molecule has 22 heavy (non-hydrogen) atoms. The molecule has 130 valence electrons. The van der Waals surface area contributed by atoms with E-state index >= 15 is 0 Å². The lowest BCUT2D eigenvalue weighted by Gasteiger charge is -2.16. The molecule has 0 rings (SSSR count). The minimum Gasteiger partial charge on any atom is -0.463 e. The van der Waals surface area contributed by atoms with Crippen LogP contribution < -0.4 is 0 Å². The van der Waals surface area contributed by atoms with Gasteiger partial charge in [-0.25, -0.2) is 4.79 Å². The van der Waals surface area contributed by atoms with Gasteiger partial charge in [-0.1, -0.05) is 6.58 Å². The van der Waals surface area contributed by atoms with E-state index in [0.717, 1.165) is 0 Å². The van der Waals surface area contributed by atoms with Crippen LogP contribution in [0.3, 0.4) is 0 Å². The van der Waals surface area contributed by atoms with Crippen molar-refractivity contribution in [2.24, 2.45) is 0 Å². The second kappa shape index (κ2) is 12.8. The zero-order chi connectivity index (χ0) is 16.8. The monoisotopic (exact) mass is 338 g/mol. The van der Waals surface area contributed by atoms with Crippen molar-refractivity contribution in [3.8, 4) is 0 Å². The first-order chi connectivity index (χ1) is 10.5. The molecule has 0 aliphatic heterocycles. The number of carbonyl (C=O) groups excluding carboxylic acids is 1. The van der Waals surface area contributed by atoms with Crippen molar-refractivity contribution < 1.29 is 32.6 Å². The van der Waals surface area contributed by atoms with Crippen molar-refractivity contribution in [1.29, 1.82) is 0 Å². The Labute approximate surface area is 132 Å². The van der Waals surface area contributed by atoms with Gasteiger partial charge in [-0.05, 0) is 20.8 Å². The molecule has 0 atom stereocenters. The molecule has 0 N–H and O–H groups in total. The number of carbonyl (C=O) groups is 1. The maximum absolute atomic E-state index is 12.1. The SMILES string of the molecule is C=C(COCCOCCP(=O)(OCC)OCC)C(=O)OCC. The van der Waals surface area contributed by atoms with Crippen molar-refractivity contribution in [1.82, 2.24) is 0 Å². The van der Waals surface area contributed by atoms with Crippen LogP contribution in [0.1, 0.15) is 20.8 Å². The highest BCUT2D eigenvalue weighted by molar-refractivity contribution is 7.53. The smallest absolute Gasteiger partial charge is 0.335 e.